The fourth-order valence-corrected chi connectivity index (χ4v) is 8.35. The maximum Gasteiger partial charge on any atom is 0.164 e. The van der Waals surface area contributed by atoms with Gasteiger partial charge in [-0.1, -0.05) is 152 Å². The highest BCUT2D eigenvalue weighted by Gasteiger charge is 2.18. The molecule has 0 saturated carbocycles. The predicted molar refractivity (Wildman–Crippen MR) is 207 cm³/mol. The minimum Gasteiger partial charge on any atom is -0.455 e. The first kappa shape index (κ1) is 28.6. The van der Waals surface area contributed by atoms with Crippen molar-refractivity contribution in [1.29, 1.82) is 0 Å². The quantitative estimate of drug-likeness (QED) is 0.185. The van der Waals surface area contributed by atoms with Crippen molar-refractivity contribution in [3.8, 4) is 56.4 Å². The third-order valence-corrected chi connectivity index (χ3v) is 10.6. The Morgan fingerprint density at radius 2 is 0.840 bits per heavy atom. The molecule has 0 aliphatic heterocycles. The van der Waals surface area contributed by atoms with Gasteiger partial charge in [0.2, 0.25) is 0 Å². The Labute approximate surface area is 292 Å². The van der Waals surface area contributed by atoms with Crippen molar-refractivity contribution in [3.63, 3.8) is 0 Å². The Balaban J connectivity index is 1.13. The van der Waals surface area contributed by atoms with E-state index in [4.69, 9.17) is 19.4 Å². The van der Waals surface area contributed by atoms with Crippen molar-refractivity contribution in [2.24, 2.45) is 0 Å². The lowest BCUT2D eigenvalue weighted by atomic mass is 9.98. The van der Waals surface area contributed by atoms with Gasteiger partial charge in [0.15, 0.2) is 17.5 Å². The Morgan fingerprint density at radius 3 is 1.54 bits per heavy atom. The zero-order chi connectivity index (χ0) is 33.0. The van der Waals surface area contributed by atoms with Gasteiger partial charge >= 0.3 is 0 Å². The molecule has 0 fully saturated rings. The average molecular weight is 658 g/mol. The lowest BCUT2D eigenvalue weighted by Gasteiger charge is -2.10. The molecule has 0 spiro atoms. The Hall–Kier alpha value is -6.43. The van der Waals surface area contributed by atoms with Gasteiger partial charge in [-0.05, 0) is 23.3 Å². The molecule has 5 heteroatoms. The van der Waals surface area contributed by atoms with E-state index in [1.807, 2.05) is 84.1 Å². The smallest absolute Gasteiger partial charge is 0.164 e. The van der Waals surface area contributed by atoms with Gasteiger partial charge in [-0.2, -0.15) is 0 Å². The molecular formula is C45H27N3OS. The van der Waals surface area contributed by atoms with Crippen LogP contribution in [0, 0.1) is 0 Å². The van der Waals surface area contributed by atoms with Crippen LogP contribution in [0.15, 0.2) is 168 Å². The van der Waals surface area contributed by atoms with Crippen LogP contribution in [0.5, 0.6) is 0 Å². The first-order chi connectivity index (χ1) is 24.8. The van der Waals surface area contributed by atoms with Gasteiger partial charge in [0.1, 0.15) is 11.2 Å². The summed E-state index contributed by atoms with van der Waals surface area (Å²) in [6, 6.07) is 56.7. The summed E-state index contributed by atoms with van der Waals surface area (Å²) in [6.07, 6.45) is 0. The third kappa shape index (κ3) is 4.71. The lowest BCUT2D eigenvalue weighted by Crippen LogP contribution is -2.00. The monoisotopic (exact) mass is 657 g/mol. The molecule has 4 nitrogen and oxygen atoms in total. The number of aromatic nitrogens is 3. The van der Waals surface area contributed by atoms with E-state index in [1.165, 1.54) is 31.3 Å². The number of hydrogen-bond donors (Lipinski definition) is 0. The summed E-state index contributed by atoms with van der Waals surface area (Å²) >= 11 is 1.84. The number of nitrogens with zero attached hydrogens (tertiary/aromatic N) is 3. The molecule has 0 saturated heterocycles. The van der Waals surface area contributed by atoms with Crippen LogP contribution in [0.2, 0.25) is 0 Å². The zero-order valence-electron chi connectivity index (χ0n) is 26.7. The molecule has 0 aliphatic rings. The molecular weight excluding hydrogens is 631 g/mol. The maximum absolute atomic E-state index is 6.47. The van der Waals surface area contributed by atoms with Crippen LogP contribution in [0.25, 0.3) is 98.5 Å². The number of thiophene rings is 1. The summed E-state index contributed by atoms with van der Waals surface area (Å²) in [5.41, 5.74) is 9.26. The summed E-state index contributed by atoms with van der Waals surface area (Å²) in [5, 5.41) is 4.76. The summed E-state index contributed by atoms with van der Waals surface area (Å²) in [7, 11) is 0. The van der Waals surface area contributed by atoms with Gasteiger partial charge in [0.25, 0.3) is 0 Å². The number of benzene rings is 7. The van der Waals surface area contributed by atoms with Crippen molar-refractivity contribution >= 4 is 53.4 Å². The molecule has 0 radical (unpaired) electrons. The van der Waals surface area contributed by atoms with Crippen LogP contribution in [-0.2, 0) is 0 Å². The largest absolute Gasteiger partial charge is 0.455 e. The van der Waals surface area contributed by atoms with Crippen LogP contribution in [0.1, 0.15) is 0 Å². The summed E-state index contributed by atoms with van der Waals surface area (Å²) in [5.74, 6) is 1.95. The zero-order valence-corrected chi connectivity index (χ0v) is 27.6. The molecule has 7 aromatic carbocycles. The normalized spacial score (nSPS) is 11.6. The topological polar surface area (TPSA) is 51.8 Å². The van der Waals surface area contributed by atoms with Crippen molar-refractivity contribution in [2.45, 2.75) is 0 Å². The van der Waals surface area contributed by atoms with Gasteiger partial charge in [0, 0.05) is 58.8 Å². The van der Waals surface area contributed by atoms with Crippen molar-refractivity contribution in [3.05, 3.63) is 164 Å². The predicted octanol–water partition coefficient (Wildman–Crippen LogP) is 12.5. The van der Waals surface area contributed by atoms with Crippen LogP contribution in [0.3, 0.4) is 0 Å². The van der Waals surface area contributed by atoms with Gasteiger partial charge in [-0.25, -0.2) is 15.0 Å². The fourth-order valence-electron chi connectivity index (χ4n) is 6.98. The van der Waals surface area contributed by atoms with Crippen molar-refractivity contribution in [1.82, 2.24) is 15.0 Å². The maximum atomic E-state index is 6.47. The lowest BCUT2D eigenvalue weighted by molar-refractivity contribution is 0.670. The molecule has 0 atom stereocenters. The summed E-state index contributed by atoms with van der Waals surface area (Å²) in [6.45, 7) is 0. The molecule has 0 amide bonds. The van der Waals surface area contributed by atoms with E-state index in [9.17, 15) is 0 Å². The number of rotatable bonds is 5. The Bertz CT molecular complexity index is 2820. The summed E-state index contributed by atoms with van der Waals surface area (Å²) in [4.78, 5) is 14.9. The second-order valence-corrected chi connectivity index (χ2v) is 13.4. The van der Waals surface area contributed by atoms with E-state index < -0.39 is 0 Å². The Morgan fingerprint density at radius 1 is 0.360 bits per heavy atom. The number of hydrogen-bond acceptors (Lipinski definition) is 5. The van der Waals surface area contributed by atoms with E-state index in [0.717, 1.165) is 49.8 Å². The van der Waals surface area contributed by atoms with Crippen LogP contribution in [-0.4, -0.2) is 15.0 Å². The Kier molecular flexibility index (Phi) is 6.64. The third-order valence-electron chi connectivity index (χ3n) is 9.35. The van der Waals surface area contributed by atoms with Crippen LogP contribution in [0.4, 0.5) is 0 Å². The molecule has 10 rings (SSSR count). The molecule has 234 valence electrons. The first-order valence-electron chi connectivity index (χ1n) is 16.6. The highest BCUT2D eigenvalue weighted by Crippen LogP contribution is 2.46. The standard InChI is InChI=1S/C45H27N3OS/c1-3-13-28(14-4-1)43-46-44(29-15-5-2-6-16-29)48-45(47-43)31-18-9-17-30(27-31)32-20-10-24-37-38-25-12-23-36(42(38)50-41(32)37)35-22-11-21-34-33-19-7-8-26-39(33)49-40(34)35/h1-27H. The first-order valence-corrected chi connectivity index (χ1v) is 17.4. The van der Waals surface area contributed by atoms with E-state index in [1.54, 1.807) is 0 Å². The van der Waals surface area contributed by atoms with E-state index in [0.29, 0.717) is 17.5 Å². The highest BCUT2D eigenvalue weighted by molar-refractivity contribution is 7.26. The number of para-hydroxylation sites is 2. The highest BCUT2D eigenvalue weighted by atomic mass is 32.1. The number of fused-ring (bicyclic) bond motifs is 6. The van der Waals surface area contributed by atoms with E-state index >= 15 is 0 Å². The second-order valence-electron chi connectivity index (χ2n) is 12.4. The molecule has 0 unspecified atom stereocenters. The van der Waals surface area contributed by atoms with E-state index in [-0.39, 0.29) is 0 Å². The molecule has 0 N–H and O–H groups in total. The average Bonchev–Trinajstić information content (AvgIpc) is 3.77. The molecule has 0 bridgehead atoms. The van der Waals surface area contributed by atoms with Gasteiger partial charge < -0.3 is 4.42 Å². The van der Waals surface area contributed by atoms with Crippen LogP contribution < -0.4 is 0 Å². The molecule has 10 aromatic rings. The van der Waals surface area contributed by atoms with Crippen LogP contribution >= 0.6 is 11.3 Å². The molecule has 3 aromatic heterocycles. The van der Waals surface area contributed by atoms with Crippen molar-refractivity contribution < 1.29 is 4.42 Å². The number of furan rings is 1. The van der Waals surface area contributed by atoms with E-state index in [2.05, 4.69) is 91.0 Å². The van der Waals surface area contributed by atoms with Gasteiger partial charge in [-0.15, -0.1) is 11.3 Å². The van der Waals surface area contributed by atoms with Gasteiger partial charge in [0.05, 0.1) is 0 Å². The summed E-state index contributed by atoms with van der Waals surface area (Å²) < 4.78 is 8.96. The fraction of sp³-hybridized carbons (Fsp3) is 0. The second kappa shape index (κ2) is 11.6. The minimum absolute atomic E-state index is 0.643. The van der Waals surface area contributed by atoms with Gasteiger partial charge in [-0.3, -0.25) is 0 Å². The molecule has 0 aliphatic carbocycles. The molecule has 3 heterocycles. The molecule has 50 heavy (non-hydrogen) atoms. The minimum atomic E-state index is 0.643. The van der Waals surface area contributed by atoms with Crippen molar-refractivity contribution in [2.75, 3.05) is 0 Å². The SMILES string of the molecule is c1ccc(-c2nc(-c3ccccc3)nc(-c3cccc(-c4cccc5c4sc4c(-c6cccc7c6oc6ccccc67)cccc45)c3)n2)cc1.